The Morgan fingerprint density at radius 2 is 1.76 bits per heavy atom. The second-order valence-electron chi connectivity index (χ2n) is 8.81. The first-order valence-electron chi connectivity index (χ1n) is 11.0. The summed E-state index contributed by atoms with van der Waals surface area (Å²) < 4.78 is 18.7. The van der Waals surface area contributed by atoms with Crippen molar-refractivity contribution >= 4 is 40.9 Å². The van der Waals surface area contributed by atoms with Gasteiger partial charge in [0.1, 0.15) is 11.4 Å². The number of carbonyl (C=O) groups is 3. The Balaban J connectivity index is 1.83. The quantitative estimate of drug-likeness (QED) is 0.477. The van der Waals surface area contributed by atoms with Crippen molar-refractivity contribution < 1.29 is 23.5 Å². The average molecular weight is 486 g/mol. The highest BCUT2D eigenvalue weighted by Crippen LogP contribution is 2.51. The SMILES string of the molecule is COC(=O)[C@]1(CCSC)N[C@H](c2ccc(N(C)C)cc2)[C@@H]2C(=O)N(c3ccc(F)cc3)C(=O)[C@H]21. The van der Waals surface area contributed by atoms with Gasteiger partial charge in [-0.1, -0.05) is 12.1 Å². The van der Waals surface area contributed by atoms with Crippen LogP contribution in [0.1, 0.15) is 18.0 Å². The van der Waals surface area contributed by atoms with Gasteiger partial charge in [-0.25, -0.2) is 9.29 Å². The Bertz CT molecular complexity index is 1090. The van der Waals surface area contributed by atoms with Gasteiger partial charge >= 0.3 is 5.97 Å². The zero-order chi connectivity index (χ0) is 24.6. The molecular weight excluding hydrogens is 457 g/mol. The van der Waals surface area contributed by atoms with E-state index in [9.17, 15) is 18.8 Å². The predicted molar refractivity (Wildman–Crippen MR) is 130 cm³/mol. The fourth-order valence-electron chi connectivity index (χ4n) is 5.08. The second kappa shape index (κ2) is 9.38. The molecule has 0 saturated carbocycles. The fourth-order valence-corrected chi connectivity index (χ4v) is 5.60. The molecule has 9 heteroatoms. The topological polar surface area (TPSA) is 79.0 Å². The van der Waals surface area contributed by atoms with Crippen LogP contribution in [0.2, 0.25) is 0 Å². The molecule has 2 saturated heterocycles. The van der Waals surface area contributed by atoms with Gasteiger partial charge in [0.15, 0.2) is 0 Å². The number of methoxy groups -OCH3 is 1. The number of thioether (sulfide) groups is 1. The van der Waals surface area contributed by atoms with E-state index in [1.807, 2.05) is 49.5 Å². The first-order valence-corrected chi connectivity index (χ1v) is 12.4. The molecule has 2 amide bonds. The minimum atomic E-state index is -1.35. The van der Waals surface area contributed by atoms with E-state index in [0.717, 1.165) is 16.2 Å². The van der Waals surface area contributed by atoms with Crippen LogP contribution >= 0.6 is 11.8 Å². The molecule has 4 atom stereocenters. The van der Waals surface area contributed by atoms with Crippen molar-refractivity contribution in [2.24, 2.45) is 11.8 Å². The highest BCUT2D eigenvalue weighted by molar-refractivity contribution is 7.98. The molecule has 0 spiro atoms. The Kier molecular flexibility index (Phi) is 6.69. The summed E-state index contributed by atoms with van der Waals surface area (Å²) >= 11 is 1.55. The van der Waals surface area contributed by atoms with E-state index >= 15 is 0 Å². The number of hydrogen-bond acceptors (Lipinski definition) is 7. The molecule has 34 heavy (non-hydrogen) atoms. The number of amides is 2. The molecule has 7 nitrogen and oxygen atoms in total. The Morgan fingerprint density at radius 3 is 2.32 bits per heavy atom. The standard InChI is InChI=1S/C25H28FN3O4S/c1-28(2)17-9-5-15(6-10-17)21-19-20(25(27-21,13-14-34-4)24(32)33-3)23(31)29(22(19)30)18-11-7-16(26)8-12-18/h5-12,19-21,27H,13-14H2,1-4H3/t19-,20+,21-,25-/m1/s1. The summed E-state index contributed by atoms with van der Waals surface area (Å²) in [5.74, 6) is -3.07. The summed E-state index contributed by atoms with van der Waals surface area (Å²) in [6, 6.07) is 12.3. The lowest BCUT2D eigenvalue weighted by atomic mass is 9.78. The normalized spacial score (nSPS) is 26.0. The minimum absolute atomic E-state index is 0.288. The lowest BCUT2D eigenvalue weighted by Crippen LogP contribution is -2.56. The van der Waals surface area contributed by atoms with Crippen molar-refractivity contribution in [3.63, 3.8) is 0 Å². The number of rotatable bonds is 7. The van der Waals surface area contributed by atoms with Crippen molar-refractivity contribution in [3.8, 4) is 0 Å². The number of imide groups is 1. The Labute approximate surface area is 202 Å². The molecule has 2 aliphatic rings. The van der Waals surface area contributed by atoms with Crippen LogP contribution < -0.4 is 15.1 Å². The fraction of sp³-hybridized carbons (Fsp3) is 0.400. The van der Waals surface area contributed by atoms with Gasteiger partial charge in [0.05, 0.1) is 24.6 Å². The highest BCUT2D eigenvalue weighted by Gasteiger charge is 2.68. The summed E-state index contributed by atoms with van der Waals surface area (Å²) in [7, 11) is 5.16. The molecule has 0 aromatic heterocycles. The molecule has 180 valence electrons. The monoisotopic (exact) mass is 485 g/mol. The number of nitrogens with zero attached hydrogens (tertiary/aromatic N) is 2. The summed E-state index contributed by atoms with van der Waals surface area (Å²) in [5.41, 5.74) is 0.727. The molecule has 4 rings (SSSR count). The summed E-state index contributed by atoms with van der Waals surface area (Å²) in [6.45, 7) is 0. The second-order valence-corrected chi connectivity index (χ2v) is 9.79. The van der Waals surface area contributed by atoms with Crippen LogP contribution in [-0.2, 0) is 19.1 Å². The molecule has 2 heterocycles. The molecule has 2 fully saturated rings. The molecule has 1 N–H and O–H groups in total. The molecule has 2 aromatic rings. The Hall–Kier alpha value is -2.91. The van der Waals surface area contributed by atoms with Crippen LogP contribution in [0, 0.1) is 17.7 Å². The summed E-state index contributed by atoms with van der Waals surface area (Å²) in [4.78, 5) is 43.7. The van der Waals surface area contributed by atoms with E-state index < -0.39 is 47.0 Å². The number of hydrogen-bond donors (Lipinski definition) is 1. The molecule has 0 aliphatic carbocycles. The van der Waals surface area contributed by atoms with Crippen molar-refractivity contribution in [1.82, 2.24) is 5.32 Å². The van der Waals surface area contributed by atoms with Crippen molar-refractivity contribution in [2.45, 2.75) is 18.0 Å². The van der Waals surface area contributed by atoms with Gasteiger partial charge in [-0.3, -0.25) is 19.7 Å². The summed E-state index contributed by atoms with van der Waals surface area (Å²) in [6.07, 6.45) is 2.24. The van der Waals surface area contributed by atoms with E-state index in [2.05, 4.69) is 5.32 Å². The van der Waals surface area contributed by atoms with Crippen LogP contribution in [0.4, 0.5) is 15.8 Å². The number of nitrogens with one attached hydrogen (secondary N) is 1. The number of ether oxygens (including phenoxy) is 1. The number of fused-ring (bicyclic) bond motifs is 1. The van der Waals surface area contributed by atoms with E-state index in [-0.39, 0.29) is 5.69 Å². The van der Waals surface area contributed by atoms with Crippen molar-refractivity contribution in [2.75, 3.05) is 43.0 Å². The van der Waals surface area contributed by atoms with E-state index in [0.29, 0.717) is 12.2 Å². The van der Waals surface area contributed by atoms with Crippen LogP contribution in [0.5, 0.6) is 0 Å². The maximum Gasteiger partial charge on any atom is 0.326 e. The lowest BCUT2D eigenvalue weighted by Gasteiger charge is -2.32. The first-order chi connectivity index (χ1) is 16.2. The van der Waals surface area contributed by atoms with Gasteiger partial charge in [0, 0.05) is 25.8 Å². The van der Waals surface area contributed by atoms with Crippen molar-refractivity contribution in [3.05, 3.63) is 59.9 Å². The maximum atomic E-state index is 13.8. The third kappa shape index (κ3) is 3.86. The largest absolute Gasteiger partial charge is 0.468 e. The molecule has 2 aromatic carbocycles. The van der Waals surface area contributed by atoms with E-state index in [1.54, 1.807) is 11.8 Å². The van der Waals surface area contributed by atoms with Crippen LogP contribution in [0.15, 0.2) is 48.5 Å². The van der Waals surface area contributed by atoms with Crippen LogP contribution in [0.25, 0.3) is 0 Å². The van der Waals surface area contributed by atoms with Gasteiger partial charge in [-0.05, 0) is 60.4 Å². The van der Waals surface area contributed by atoms with Gasteiger partial charge in [-0.15, -0.1) is 0 Å². The number of anilines is 2. The number of halogens is 1. The lowest BCUT2D eigenvalue weighted by molar-refractivity contribution is -0.152. The highest BCUT2D eigenvalue weighted by atomic mass is 32.2. The van der Waals surface area contributed by atoms with Gasteiger partial charge < -0.3 is 9.64 Å². The third-order valence-electron chi connectivity index (χ3n) is 6.76. The number of benzene rings is 2. The van der Waals surface area contributed by atoms with Crippen LogP contribution in [0.3, 0.4) is 0 Å². The molecule has 0 radical (unpaired) electrons. The molecule has 0 unspecified atom stereocenters. The van der Waals surface area contributed by atoms with Gasteiger partial charge in [0.25, 0.3) is 0 Å². The smallest absolute Gasteiger partial charge is 0.326 e. The van der Waals surface area contributed by atoms with Gasteiger partial charge in [-0.2, -0.15) is 11.8 Å². The average Bonchev–Trinajstić information content (AvgIpc) is 3.32. The third-order valence-corrected chi connectivity index (χ3v) is 7.37. The van der Waals surface area contributed by atoms with Crippen LogP contribution in [-0.4, -0.2) is 56.5 Å². The minimum Gasteiger partial charge on any atom is -0.468 e. The Morgan fingerprint density at radius 1 is 1.12 bits per heavy atom. The molecule has 0 bridgehead atoms. The zero-order valence-electron chi connectivity index (χ0n) is 19.6. The molecule has 2 aliphatic heterocycles. The molecular formula is C25H28FN3O4S. The van der Waals surface area contributed by atoms with Gasteiger partial charge in [0.2, 0.25) is 11.8 Å². The first kappa shape index (κ1) is 24.2. The summed E-state index contributed by atoms with van der Waals surface area (Å²) in [5, 5.41) is 3.37. The number of esters is 1. The van der Waals surface area contributed by atoms with E-state index in [4.69, 9.17) is 4.74 Å². The zero-order valence-corrected chi connectivity index (χ0v) is 20.4. The maximum absolute atomic E-state index is 13.8. The van der Waals surface area contributed by atoms with Crippen molar-refractivity contribution in [1.29, 1.82) is 0 Å². The predicted octanol–water partition coefficient (Wildman–Crippen LogP) is 3.01. The number of carbonyl (C=O) groups excluding carboxylic acids is 3. The van der Waals surface area contributed by atoms with E-state index in [1.165, 1.54) is 31.4 Å².